The van der Waals surface area contributed by atoms with Crippen LogP contribution in [0.15, 0.2) is 36.4 Å². The van der Waals surface area contributed by atoms with Crippen molar-refractivity contribution in [1.82, 2.24) is 10.4 Å². The molecule has 2 aromatic rings. The van der Waals surface area contributed by atoms with Gasteiger partial charge in [0.15, 0.2) is 0 Å². The summed E-state index contributed by atoms with van der Waals surface area (Å²) in [6.45, 7) is 0.554. The predicted molar refractivity (Wildman–Crippen MR) is 106 cm³/mol. The summed E-state index contributed by atoms with van der Waals surface area (Å²) in [7, 11) is 0. The van der Waals surface area contributed by atoms with E-state index in [1.165, 1.54) is 6.07 Å². The van der Waals surface area contributed by atoms with Gasteiger partial charge < -0.3 is 4.90 Å². The molecule has 2 amide bonds. The molecule has 0 spiro atoms. The molecule has 1 saturated heterocycles. The number of fused-ring (bicyclic) bond motifs is 1. The second-order valence-electron chi connectivity index (χ2n) is 8.39. The Morgan fingerprint density at radius 3 is 2.59 bits per heavy atom. The van der Waals surface area contributed by atoms with Gasteiger partial charge in [0.2, 0.25) is 5.91 Å². The van der Waals surface area contributed by atoms with Crippen LogP contribution in [0.4, 0.5) is 17.6 Å². The number of rotatable bonds is 4. The van der Waals surface area contributed by atoms with Crippen molar-refractivity contribution in [3.05, 3.63) is 70.0 Å². The number of amides is 2. The maximum absolute atomic E-state index is 13.9. The normalized spacial score (nSPS) is 20.9. The summed E-state index contributed by atoms with van der Waals surface area (Å²) in [5.41, 5.74) is 3.08. The van der Waals surface area contributed by atoms with E-state index in [4.69, 9.17) is 5.21 Å². The van der Waals surface area contributed by atoms with E-state index in [2.05, 4.69) is 0 Å². The molecule has 32 heavy (non-hydrogen) atoms. The molecule has 5 nitrogen and oxygen atoms in total. The Hall–Kier alpha value is -2.94. The van der Waals surface area contributed by atoms with E-state index in [-0.39, 0.29) is 24.3 Å². The SMILES string of the molecule is O=C(NO)c1ccc2c(c1)CCC(C1CCN(Cc3ccc(C(F)(F)F)c(F)c3)C1=O)C2. The fourth-order valence-electron chi connectivity index (χ4n) is 4.80. The van der Waals surface area contributed by atoms with E-state index < -0.39 is 23.5 Å². The number of hydrogen-bond acceptors (Lipinski definition) is 3. The van der Waals surface area contributed by atoms with E-state index in [1.807, 2.05) is 6.07 Å². The molecular weight excluding hydrogens is 428 g/mol. The molecule has 0 radical (unpaired) electrons. The van der Waals surface area contributed by atoms with Gasteiger partial charge in [-0.05, 0) is 72.6 Å². The summed E-state index contributed by atoms with van der Waals surface area (Å²) in [4.78, 5) is 26.2. The van der Waals surface area contributed by atoms with Crippen LogP contribution in [0.25, 0.3) is 0 Å². The number of alkyl halides is 3. The van der Waals surface area contributed by atoms with Crippen LogP contribution in [0.2, 0.25) is 0 Å². The van der Waals surface area contributed by atoms with Crippen molar-refractivity contribution in [3.63, 3.8) is 0 Å². The van der Waals surface area contributed by atoms with Crippen molar-refractivity contribution >= 4 is 11.8 Å². The average Bonchev–Trinajstić information content (AvgIpc) is 3.11. The minimum atomic E-state index is -4.75. The van der Waals surface area contributed by atoms with Crippen LogP contribution in [0.1, 0.15) is 45.5 Å². The van der Waals surface area contributed by atoms with Crippen molar-refractivity contribution in [2.24, 2.45) is 11.8 Å². The van der Waals surface area contributed by atoms with Crippen molar-refractivity contribution in [2.45, 2.75) is 38.4 Å². The van der Waals surface area contributed by atoms with Crippen LogP contribution < -0.4 is 5.48 Å². The van der Waals surface area contributed by atoms with E-state index in [9.17, 15) is 27.2 Å². The van der Waals surface area contributed by atoms with E-state index >= 15 is 0 Å². The van der Waals surface area contributed by atoms with Crippen LogP contribution in [-0.4, -0.2) is 28.5 Å². The van der Waals surface area contributed by atoms with Gasteiger partial charge in [-0.15, -0.1) is 0 Å². The Morgan fingerprint density at radius 1 is 1.12 bits per heavy atom. The lowest BCUT2D eigenvalue weighted by atomic mass is 9.76. The number of carbonyl (C=O) groups is 2. The highest BCUT2D eigenvalue weighted by Crippen LogP contribution is 2.37. The molecule has 170 valence electrons. The number of likely N-dealkylation sites (tertiary alicyclic amines) is 1. The average molecular weight is 450 g/mol. The van der Waals surface area contributed by atoms with Gasteiger partial charge in [0, 0.05) is 24.6 Å². The first-order valence-corrected chi connectivity index (χ1v) is 10.4. The lowest BCUT2D eigenvalue weighted by Gasteiger charge is -2.29. The van der Waals surface area contributed by atoms with Gasteiger partial charge in [-0.25, -0.2) is 9.87 Å². The molecule has 1 aliphatic heterocycles. The zero-order chi connectivity index (χ0) is 23.0. The summed E-state index contributed by atoms with van der Waals surface area (Å²) < 4.78 is 52.1. The lowest BCUT2D eigenvalue weighted by molar-refractivity contribution is -0.140. The van der Waals surface area contributed by atoms with E-state index in [1.54, 1.807) is 22.5 Å². The number of hydrogen-bond donors (Lipinski definition) is 2. The van der Waals surface area contributed by atoms with Crippen LogP contribution in [-0.2, 0) is 30.4 Å². The zero-order valence-electron chi connectivity index (χ0n) is 17.1. The number of aryl methyl sites for hydroxylation is 1. The molecule has 1 heterocycles. The Morgan fingerprint density at radius 2 is 1.91 bits per heavy atom. The third kappa shape index (κ3) is 4.34. The maximum Gasteiger partial charge on any atom is 0.419 e. The molecule has 1 aliphatic carbocycles. The molecule has 1 fully saturated rings. The number of nitrogens with one attached hydrogen (secondary N) is 1. The summed E-state index contributed by atoms with van der Waals surface area (Å²) in [6.07, 6.45) is -1.93. The van der Waals surface area contributed by atoms with E-state index in [0.29, 0.717) is 43.0 Å². The second kappa shape index (κ2) is 8.54. The monoisotopic (exact) mass is 450 g/mol. The molecule has 2 N–H and O–H groups in total. The predicted octanol–water partition coefficient (Wildman–Crippen LogP) is 4.12. The Kier molecular flexibility index (Phi) is 5.94. The minimum absolute atomic E-state index is 0.0602. The summed E-state index contributed by atoms with van der Waals surface area (Å²) in [5.74, 6) is -2.03. The number of halogens is 4. The van der Waals surface area contributed by atoms with Gasteiger partial charge in [0.1, 0.15) is 5.82 Å². The van der Waals surface area contributed by atoms with Gasteiger partial charge >= 0.3 is 6.18 Å². The first-order chi connectivity index (χ1) is 15.2. The molecule has 4 rings (SSSR count). The zero-order valence-corrected chi connectivity index (χ0v) is 17.1. The summed E-state index contributed by atoms with van der Waals surface area (Å²) >= 11 is 0. The Labute approximate surface area is 182 Å². The van der Waals surface area contributed by atoms with Crippen LogP contribution in [0.3, 0.4) is 0 Å². The van der Waals surface area contributed by atoms with Gasteiger partial charge in [0.05, 0.1) is 5.56 Å². The number of carbonyl (C=O) groups excluding carboxylic acids is 2. The molecule has 2 aromatic carbocycles. The minimum Gasteiger partial charge on any atom is -0.338 e. The molecule has 2 unspecified atom stereocenters. The number of benzene rings is 2. The smallest absolute Gasteiger partial charge is 0.338 e. The van der Waals surface area contributed by atoms with Crippen LogP contribution in [0, 0.1) is 17.7 Å². The van der Waals surface area contributed by atoms with Gasteiger partial charge in [0.25, 0.3) is 5.91 Å². The van der Waals surface area contributed by atoms with Crippen molar-refractivity contribution in [3.8, 4) is 0 Å². The summed E-state index contributed by atoms with van der Waals surface area (Å²) in [6, 6.07) is 8.00. The van der Waals surface area contributed by atoms with Gasteiger partial charge in [-0.2, -0.15) is 13.2 Å². The molecule has 0 aromatic heterocycles. The molecule has 0 saturated carbocycles. The number of hydroxylamine groups is 1. The molecule has 0 bridgehead atoms. The third-order valence-corrected chi connectivity index (χ3v) is 6.46. The van der Waals surface area contributed by atoms with Crippen LogP contribution in [0.5, 0.6) is 0 Å². The van der Waals surface area contributed by atoms with Crippen molar-refractivity contribution in [1.29, 1.82) is 0 Å². The second-order valence-corrected chi connectivity index (χ2v) is 8.39. The van der Waals surface area contributed by atoms with Crippen molar-refractivity contribution < 1.29 is 32.4 Å². The Bertz CT molecular complexity index is 1050. The molecule has 9 heteroatoms. The quantitative estimate of drug-likeness (QED) is 0.418. The van der Waals surface area contributed by atoms with Gasteiger partial charge in [-0.3, -0.25) is 14.8 Å². The standard InChI is InChI=1S/C23H22F4N2O3/c24-20-9-13(1-6-19(20)23(25,26)27)12-29-8-7-18(22(29)31)16-4-2-15-11-17(21(30)28-32)5-3-14(15)10-16/h1,3,5-6,9,11,16,18,32H,2,4,7-8,10,12H2,(H,28,30). The molecule has 2 aliphatic rings. The van der Waals surface area contributed by atoms with Gasteiger partial charge in [-0.1, -0.05) is 12.1 Å². The third-order valence-electron chi connectivity index (χ3n) is 6.46. The van der Waals surface area contributed by atoms with Crippen molar-refractivity contribution in [2.75, 3.05) is 6.54 Å². The fourth-order valence-corrected chi connectivity index (χ4v) is 4.80. The van der Waals surface area contributed by atoms with Crippen LogP contribution >= 0.6 is 0 Å². The maximum atomic E-state index is 13.9. The molecular formula is C23H22F4N2O3. The first kappa shape index (κ1) is 22.3. The highest BCUT2D eigenvalue weighted by atomic mass is 19.4. The highest BCUT2D eigenvalue weighted by molar-refractivity contribution is 5.93. The summed E-state index contributed by atoms with van der Waals surface area (Å²) in [5, 5.41) is 8.79. The Balaban J connectivity index is 1.42. The van der Waals surface area contributed by atoms with E-state index in [0.717, 1.165) is 23.6 Å². The first-order valence-electron chi connectivity index (χ1n) is 10.4. The highest BCUT2D eigenvalue weighted by Gasteiger charge is 2.39. The fraction of sp³-hybridized carbons (Fsp3) is 0.391. The molecule has 2 atom stereocenters. The largest absolute Gasteiger partial charge is 0.419 e. The lowest BCUT2D eigenvalue weighted by Crippen LogP contribution is -2.32. The number of nitrogens with zero attached hydrogens (tertiary/aromatic N) is 1. The topological polar surface area (TPSA) is 69.6 Å².